The van der Waals surface area contributed by atoms with Crippen molar-refractivity contribution in [1.82, 2.24) is 0 Å². The third-order valence-electron chi connectivity index (χ3n) is 11.4. The van der Waals surface area contributed by atoms with Crippen molar-refractivity contribution in [2.45, 2.75) is 118 Å². The number of allylic oxidation sites excluding steroid dienone is 1. The fourth-order valence-electron chi connectivity index (χ4n) is 8.89. The molecule has 188 valence electrons. The maximum Gasteiger partial charge on any atom is 0.137 e. The third-order valence-corrected chi connectivity index (χ3v) is 11.4. The Balaban J connectivity index is 1.59. The van der Waals surface area contributed by atoms with Gasteiger partial charge in [0.15, 0.2) is 0 Å². The quantitative estimate of drug-likeness (QED) is 0.487. The van der Waals surface area contributed by atoms with Crippen molar-refractivity contribution in [3.63, 3.8) is 0 Å². The molecule has 4 heteroatoms. The molecule has 3 fully saturated rings. The summed E-state index contributed by atoms with van der Waals surface area (Å²) in [6.07, 6.45) is 8.53. The van der Waals surface area contributed by atoms with Gasteiger partial charge in [0.2, 0.25) is 0 Å². The van der Waals surface area contributed by atoms with Gasteiger partial charge in [-0.1, -0.05) is 46.3 Å². The maximum absolute atomic E-state index is 13.9. The van der Waals surface area contributed by atoms with Gasteiger partial charge in [0, 0.05) is 17.8 Å². The summed E-state index contributed by atoms with van der Waals surface area (Å²) in [6.45, 7) is 14.8. The highest BCUT2D eigenvalue weighted by atomic mass is 16.3. The van der Waals surface area contributed by atoms with E-state index in [0.717, 1.165) is 32.1 Å². The van der Waals surface area contributed by atoms with Crippen LogP contribution in [0.3, 0.4) is 0 Å². The highest BCUT2D eigenvalue weighted by Crippen LogP contribution is 2.70. The van der Waals surface area contributed by atoms with Crippen molar-refractivity contribution in [3.8, 4) is 0 Å². The van der Waals surface area contributed by atoms with Gasteiger partial charge in [-0.2, -0.15) is 0 Å². The van der Waals surface area contributed by atoms with Gasteiger partial charge in [-0.15, -0.1) is 0 Å². The average Bonchev–Trinajstić information content (AvgIpc) is 2.99. The first-order valence-corrected chi connectivity index (χ1v) is 13.5. The van der Waals surface area contributed by atoms with Gasteiger partial charge in [0.05, 0.1) is 17.8 Å². The van der Waals surface area contributed by atoms with Crippen LogP contribution in [0.4, 0.5) is 0 Å². The van der Waals surface area contributed by atoms with Crippen LogP contribution in [0.25, 0.3) is 0 Å². The van der Waals surface area contributed by atoms with Crippen LogP contribution in [0.5, 0.6) is 0 Å². The van der Waals surface area contributed by atoms with E-state index >= 15 is 0 Å². The molecule has 33 heavy (non-hydrogen) atoms. The second kappa shape index (κ2) is 8.17. The largest absolute Gasteiger partial charge is 0.392 e. The summed E-state index contributed by atoms with van der Waals surface area (Å²) >= 11 is 0. The highest BCUT2D eigenvalue weighted by molar-refractivity contribution is 5.84. The summed E-state index contributed by atoms with van der Waals surface area (Å²) in [5.74, 6) is 2.14. The molecule has 4 rings (SSSR count). The molecule has 0 aromatic carbocycles. The van der Waals surface area contributed by atoms with Crippen molar-refractivity contribution in [1.29, 1.82) is 0 Å². The molecule has 9 atom stereocenters. The minimum absolute atomic E-state index is 0.0145. The van der Waals surface area contributed by atoms with Crippen molar-refractivity contribution in [3.05, 3.63) is 11.6 Å². The molecule has 0 aromatic rings. The van der Waals surface area contributed by atoms with Crippen LogP contribution in [0.1, 0.15) is 99.8 Å². The summed E-state index contributed by atoms with van der Waals surface area (Å²) in [6, 6.07) is 0. The van der Waals surface area contributed by atoms with E-state index in [1.54, 1.807) is 13.8 Å². The average molecular weight is 461 g/mol. The SMILES string of the molecule is C[C@@H](CC[C@H](O)C(C)(C)O)[C@H]1CC[C@@]2(C)[C@@H]3CC=C4[C@@H](CC[C@H](O)C4(C)C)[C@H]3C(=O)C[C@]12C. The number of Topliss-reactive ketones (excluding diaryl/α,β-unsaturated/α-hetero) is 1. The molecule has 3 saturated carbocycles. The summed E-state index contributed by atoms with van der Waals surface area (Å²) in [5, 5.41) is 31.2. The Labute approximate surface area is 201 Å². The van der Waals surface area contributed by atoms with E-state index in [1.807, 2.05) is 0 Å². The Kier molecular flexibility index (Phi) is 6.28. The number of carbonyl (C=O) groups excluding carboxylic acids is 1. The van der Waals surface area contributed by atoms with Gasteiger partial charge < -0.3 is 15.3 Å². The first-order valence-electron chi connectivity index (χ1n) is 13.5. The minimum atomic E-state index is -1.07. The number of carbonyl (C=O) groups is 1. The first-order chi connectivity index (χ1) is 15.1. The summed E-state index contributed by atoms with van der Waals surface area (Å²) < 4.78 is 0. The molecule has 0 spiro atoms. The molecule has 0 amide bonds. The van der Waals surface area contributed by atoms with Crippen molar-refractivity contribution < 1.29 is 20.1 Å². The fraction of sp³-hybridized carbons (Fsp3) is 0.897. The fourth-order valence-corrected chi connectivity index (χ4v) is 8.89. The number of fused-ring (bicyclic) bond motifs is 5. The predicted octanol–water partition coefficient (Wildman–Crippen LogP) is 5.29. The van der Waals surface area contributed by atoms with Crippen LogP contribution in [-0.2, 0) is 4.79 Å². The Morgan fingerprint density at radius 1 is 1.09 bits per heavy atom. The minimum Gasteiger partial charge on any atom is -0.392 e. The number of hydrogen-bond donors (Lipinski definition) is 3. The summed E-state index contributed by atoms with van der Waals surface area (Å²) in [5.41, 5.74) is 0.159. The lowest BCUT2D eigenvalue weighted by atomic mass is 9.43. The maximum atomic E-state index is 13.9. The molecule has 0 aromatic heterocycles. The lowest BCUT2D eigenvalue weighted by Crippen LogP contribution is -2.58. The Bertz CT molecular complexity index is 807. The monoisotopic (exact) mass is 460 g/mol. The summed E-state index contributed by atoms with van der Waals surface area (Å²) in [4.78, 5) is 13.9. The molecule has 0 heterocycles. The zero-order valence-electron chi connectivity index (χ0n) is 22.0. The Hall–Kier alpha value is -0.710. The van der Waals surface area contributed by atoms with E-state index in [4.69, 9.17) is 0 Å². The molecule has 0 bridgehead atoms. The Morgan fingerprint density at radius 2 is 1.76 bits per heavy atom. The normalized spacial score (nSPS) is 44.4. The number of aliphatic hydroxyl groups excluding tert-OH is 2. The van der Waals surface area contributed by atoms with Gasteiger partial charge in [0.25, 0.3) is 0 Å². The molecular weight excluding hydrogens is 412 g/mol. The van der Waals surface area contributed by atoms with Crippen molar-refractivity contribution >= 4 is 5.78 Å². The molecule has 4 nitrogen and oxygen atoms in total. The van der Waals surface area contributed by atoms with Crippen molar-refractivity contribution in [2.24, 2.45) is 45.8 Å². The van der Waals surface area contributed by atoms with Crippen LogP contribution in [0.2, 0.25) is 0 Å². The smallest absolute Gasteiger partial charge is 0.137 e. The Morgan fingerprint density at radius 3 is 2.39 bits per heavy atom. The zero-order chi connectivity index (χ0) is 24.6. The third kappa shape index (κ3) is 3.78. The molecule has 0 saturated heterocycles. The number of aliphatic hydroxyl groups is 3. The van der Waals surface area contributed by atoms with Crippen LogP contribution in [-0.4, -0.2) is 38.9 Å². The number of rotatable bonds is 5. The standard InChI is InChI=1S/C29H48O4/c1-17(8-12-24(32)27(4,5)33)19-14-15-28(6)21-11-10-20-18(9-13-23(31)26(20,2)3)25(21)22(30)16-29(19,28)7/h10,17-19,21,23-25,31-33H,8-9,11-16H2,1-7H3/t17-,18+,19+,21+,23-,24-,25+,28-,29+/m0/s1. The number of hydrogen-bond acceptors (Lipinski definition) is 4. The lowest BCUT2D eigenvalue weighted by Gasteiger charge is -2.60. The van der Waals surface area contributed by atoms with E-state index in [-0.39, 0.29) is 28.3 Å². The van der Waals surface area contributed by atoms with E-state index < -0.39 is 11.7 Å². The van der Waals surface area contributed by atoms with Crippen LogP contribution < -0.4 is 0 Å². The van der Waals surface area contributed by atoms with Crippen molar-refractivity contribution in [2.75, 3.05) is 0 Å². The highest BCUT2D eigenvalue weighted by Gasteiger charge is 2.66. The first kappa shape index (κ1) is 25.4. The van der Waals surface area contributed by atoms with Crippen LogP contribution in [0.15, 0.2) is 11.6 Å². The number of ketones is 1. The molecular formula is C29H48O4. The molecule has 0 unspecified atom stereocenters. The zero-order valence-corrected chi connectivity index (χ0v) is 22.0. The predicted molar refractivity (Wildman–Crippen MR) is 131 cm³/mol. The van der Waals surface area contributed by atoms with Gasteiger partial charge in [-0.25, -0.2) is 0 Å². The second-order valence-electron chi connectivity index (χ2n) is 13.8. The lowest BCUT2D eigenvalue weighted by molar-refractivity contribution is -0.153. The molecule has 3 N–H and O–H groups in total. The van der Waals surface area contributed by atoms with E-state index in [0.29, 0.717) is 42.3 Å². The van der Waals surface area contributed by atoms with E-state index in [2.05, 4.69) is 40.7 Å². The topological polar surface area (TPSA) is 77.8 Å². The molecule has 4 aliphatic rings. The van der Waals surface area contributed by atoms with E-state index in [9.17, 15) is 20.1 Å². The van der Waals surface area contributed by atoms with E-state index in [1.165, 1.54) is 12.0 Å². The molecule has 0 radical (unpaired) electrons. The van der Waals surface area contributed by atoms with Gasteiger partial charge in [0.1, 0.15) is 5.78 Å². The summed E-state index contributed by atoms with van der Waals surface area (Å²) in [7, 11) is 0. The second-order valence-corrected chi connectivity index (χ2v) is 13.8. The molecule has 0 aliphatic heterocycles. The molecule has 4 aliphatic carbocycles. The van der Waals surface area contributed by atoms with Crippen LogP contribution >= 0.6 is 0 Å². The van der Waals surface area contributed by atoms with Gasteiger partial charge >= 0.3 is 0 Å². The van der Waals surface area contributed by atoms with Gasteiger partial charge in [-0.05, 0) is 93.3 Å². The van der Waals surface area contributed by atoms with Gasteiger partial charge in [-0.3, -0.25) is 4.79 Å². The van der Waals surface area contributed by atoms with Crippen LogP contribution in [0, 0.1) is 45.8 Å².